The molecule has 0 atom stereocenters. The van der Waals surface area contributed by atoms with Gasteiger partial charge in [0.25, 0.3) is 0 Å². The van der Waals surface area contributed by atoms with Gasteiger partial charge < -0.3 is 25.4 Å². The first-order valence-electron chi connectivity index (χ1n) is 10.9. The van der Waals surface area contributed by atoms with Crippen LogP contribution in [0.3, 0.4) is 0 Å². The van der Waals surface area contributed by atoms with Crippen molar-refractivity contribution in [2.45, 2.75) is 51.7 Å². The molecule has 0 amide bonds. The normalized spacial score (nSPS) is 18.9. The molecule has 1 heterocycles. The van der Waals surface area contributed by atoms with E-state index in [2.05, 4.69) is 28.5 Å². The molecule has 1 saturated heterocycles. The number of hydrogen-bond donors (Lipinski definition) is 3. The number of likely N-dealkylation sites (tertiary alicyclic amines) is 1. The first-order valence-corrected chi connectivity index (χ1v) is 10.9. The second-order valence-electron chi connectivity index (χ2n) is 7.91. The quantitative estimate of drug-likeness (QED) is 0.326. The number of rotatable bonds is 10. The van der Waals surface area contributed by atoms with Gasteiger partial charge in [-0.15, -0.1) is 0 Å². The van der Waals surface area contributed by atoms with Gasteiger partial charge in [-0.05, 0) is 57.6 Å². The summed E-state index contributed by atoms with van der Waals surface area (Å²) in [4.78, 5) is 7.19. The summed E-state index contributed by atoms with van der Waals surface area (Å²) in [6.45, 7) is 8.34. The second kappa shape index (κ2) is 11.3. The molecule has 0 unspecified atom stereocenters. The molecule has 2 fully saturated rings. The monoisotopic (exact) mass is 388 g/mol. The van der Waals surface area contributed by atoms with Crippen LogP contribution in [0.1, 0.15) is 44.6 Å². The Morgan fingerprint density at radius 2 is 1.96 bits per heavy atom. The smallest absolute Gasteiger partial charge is 0.191 e. The van der Waals surface area contributed by atoms with Crippen LogP contribution in [-0.4, -0.2) is 61.4 Å². The van der Waals surface area contributed by atoms with Crippen molar-refractivity contribution < 1.29 is 9.84 Å². The minimum Gasteiger partial charge on any atom is -0.493 e. The Kier molecular flexibility index (Phi) is 8.42. The van der Waals surface area contributed by atoms with Crippen LogP contribution < -0.4 is 15.4 Å². The van der Waals surface area contributed by atoms with Gasteiger partial charge in [0.15, 0.2) is 5.96 Å². The van der Waals surface area contributed by atoms with E-state index in [1.54, 1.807) is 0 Å². The van der Waals surface area contributed by atoms with E-state index in [1.807, 2.05) is 18.2 Å². The minimum absolute atomic E-state index is 0.0991. The summed E-state index contributed by atoms with van der Waals surface area (Å²) in [6, 6.07) is 8.21. The summed E-state index contributed by atoms with van der Waals surface area (Å²) in [7, 11) is 0. The van der Waals surface area contributed by atoms with Gasteiger partial charge >= 0.3 is 0 Å². The number of guanidine groups is 1. The zero-order chi connectivity index (χ0) is 19.6. The zero-order valence-corrected chi connectivity index (χ0v) is 17.2. The van der Waals surface area contributed by atoms with Crippen LogP contribution in [0.15, 0.2) is 29.3 Å². The SMILES string of the molecule is CCNC(=NCc1ccccc1OCC1CC1)NCCCN1CCC(O)CC1. The van der Waals surface area contributed by atoms with E-state index in [1.165, 1.54) is 12.8 Å². The van der Waals surface area contributed by atoms with Crippen LogP contribution in [0.2, 0.25) is 0 Å². The number of aliphatic imine (C=N–C) groups is 1. The number of aliphatic hydroxyl groups is 1. The van der Waals surface area contributed by atoms with Gasteiger partial charge in [-0.2, -0.15) is 0 Å². The molecule has 0 aromatic heterocycles. The molecular weight excluding hydrogens is 352 g/mol. The molecule has 1 saturated carbocycles. The number of nitrogens with one attached hydrogen (secondary N) is 2. The summed E-state index contributed by atoms with van der Waals surface area (Å²) < 4.78 is 5.99. The molecule has 3 N–H and O–H groups in total. The molecule has 156 valence electrons. The van der Waals surface area contributed by atoms with Gasteiger partial charge in [0, 0.05) is 31.7 Å². The highest BCUT2D eigenvalue weighted by atomic mass is 16.5. The van der Waals surface area contributed by atoms with Crippen LogP contribution in [0.4, 0.5) is 0 Å². The van der Waals surface area contributed by atoms with Crippen molar-refractivity contribution in [2.75, 3.05) is 39.3 Å². The van der Waals surface area contributed by atoms with Crippen molar-refractivity contribution in [1.29, 1.82) is 0 Å². The Balaban J connectivity index is 1.43. The lowest BCUT2D eigenvalue weighted by atomic mass is 10.1. The Morgan fingerprint density at radius 1 is 1.18 bits per heavy atom. The van der Waals surface area contributed by atoms with E-state index in [9.17, 15) is 5.11 Å². The number of nitrogens with zero attached hydrogens (tertiary/aromatic N) is 2. The average Bonchev–Trinajstić information content (AvgIpc) is 3.54. The highest BCUT2D eigenvalue weighted by molar-refractivity contribution is 5.79. The van der Waals surface area contributed by atoms with Crippen LogP contribution >= 0.6 is 0 Å². The standard InChI is InChI=1S/C22H36N4O2/c1-2-23-22(24-12-5-13-26-14-10-20(27)11-15-26)25-16-19-6-3-4-7-21(19)28-17-18-8-9-18/h3-4,6-7,18,20,27H,2,5,8-17H2,1H3,(H2,23,24,25). The Hall–Kier alpha value is -1.79. The van der Waals surface area contributed by atoms with Crippen LogP contribution in [0, 0.1) is 5.92 Å². The van der Waals surface area contributed by atoms with Crippen molar-refractivity contribution in [3.63, 3.8) is 0 Å². The minimum atomic E-state index is -0.0991. The van der Waals surface area contributed by atoms with Gasteiger partial charge in [-0.25, -0.2) is 4.99 Å². The number of aliphatic hydroxyl groups excluding tert-OH is 1. The molecule has 1 aromatic rings. The second-order valence-corrected chi connectivity index (χ2v) is 7.91. The molecule has 0 spiro atoms. The maximum absolute atomic E-state index is 9.59. The maximum Gasteiger partial charge on any atom is 0.191 e. The highest BCUT2D eigenvalue weighted by Gasteiger charge is 2.22. The molecule has 6 nitrogen and oxygen atoms in total. The fraction of sp³-hybridized carbons (Fsp3) is 0.682. The predicted octanol–water partition coefficient (Wildman–Crippen LogP) is 2.38. The van der Waals surface area contributed by atoms with Gasteiger partial charge in [0.05, 0.1) is 19.3 Å². The van der Waals surface area contributed by atoms with Crippen molar-refractivity contribution in [2.24, 2.45) is 10.9 Å². The first kappa shape index (κ1) is 20.9. The third-order valence-electron chi connectivity index (χ3n) is 5.40. The molecule has 3 rings (SSSR count). The Morgan fingerprint density at radius 3 is 2.71 bits per heavy atom. The lowest BCUT2D eigenvalue weighted by Crippen LogP contribution is -2.40. The third kappa shape index (κ3) is 7.32. The summed E-state index contributed by atoms with van der Waals surface area (Å²) in [5, 5.41) is 16.4. The fourth-order valence-electron chi connectivity index (χ4n) is 3.43. The summed E-state index contributed by atoms with van der Waals surface area (Å²) in [5.41, 5.74) is 1.13. The highest BCUT2D eigenvalue weighted by Crippen LogP contribution is 2.30. The van der Waals surface area contributed by atoms with Crippen molar-refractivity contribution in [3.8, 4) is 5.75 Å². The number of piperidine rings is 1. The van der Waals surface area contributed by atoms with Crippen molar-refractivity contribution >= 4 is 5.96 Å². The molecule has 28 heavy (non-hydrogen) atoms. The maximum atomic E-state index is 9.59. The van der Waals surface area contributed by atoms with Gasteiger partial charge in [-0.3, -0.25) is 0 Å². The summed E-state index contributed by atoms with van der Waals surface area (Å²) in [6.07, 6.45) is 5.37. The van der Waals surface area contributed by atoms with E-state index < -0.39 is 0 Å². The van der Waals surface area contributed by atoms with E-state index in [-0.39, 0.29) is 6.10 Å². The van der Waals surface area contributed by atoms with Crippen molar-refractivity contribution in [3.05, 3.63) is 29.8 Å². The Bertz CT molecular complexity index is 610. The number of hydrogen-bond acceptors (Lipinski definition) is 4. The predicted molar refractivity (Wildman–Crippen MR) is 114 cm³/mol. The van der Waals surface area contributed by atoms with E-state index >= 15 is 0 Å². The van der Waals surface area contributed by atoms with E-state index in [0.717, 1.165) is 81.8 Å². The molecule has 0 bridgehead atoms. The van der Waals surface area contributed by atoms with Crippen LogP contribution in [0.5, 0.6) is 5.75 Å². The van der Waals surface area contributed by atoms with E-state index in [4.69, 9.17) is 9.73 Å². The third-order valence-corrected chi connectivity index (χ3v) is 5.40. The molecule has 2 aliphatic rings. The zero-order valence-electron chi connectivity index (χ0n) is 17.2. The van der Waals surface area contributed by atoms with E-state index in [0.29, 0.717) is 6.54 Å². The lowest BCUT2D eigenvalue weighted by Gasteiger charge is -2.29. The first-order chi connectivity index (χ1) is 13.7. The van der Waals surface area contributed by atoms with Crippen molar-refractivity contribution in [1.82, 2.24) is 15.5 Å². The average molecular weight is 389 g/mol. The molecule has 0 radical (unpaired) electrons. The number of para-hydroxylation sites is 1. The summed E-state index contributed by atoms with van der Waals surface area (Å²) in [5.74, 6) is 2.56. The molecule has 6 heteroatoms. The van der Waals surface area contributed by atoms with Gasteiger partial charge in [-0.1, -0.05) is 18.2 Å². The van der Waals surface area contributed by atoms with Crippen LogP contribution in [0.25, 0.3) is 0 Å². The Labute approximate surface area is 169 Å². The largest absolute Gasteiger partial charge is 0.493 e. The van der Waals surface area contributed by atoms with Gasteiger partial charge in [0.2, 0.25) is 0 Å². The van der Waals surface area contributed by atoms with Gasteiger partial charge in [0.1, 0.15) is 5.75 Å². The summed E-state index contributed by atoms with van der Waals surface area (Å²) >= 11 is 0. The number of ether oxygens (including phenoxy) is 1. The lowest BCUT2D eigenvalue weighted by molar-refractivity contribution is 0.0823. The fourth-order valence-corrected chi connectivity index (χ4v) is 3.43. The molecule has 1 aromatic carbocycles. The van der Waals surface area contributed by atoms with Crippen LogP contribution in [-0.2, 0) is 6.54 Å². The topological polar surface area (TPSA) is 69.1 Å². The molecular formula is C22H36N4O2. The molecule has 1 aliphatic heterocycles. The number of benzene rings is 1. The molecule has 1 aliphatic carbocycles.